The Hall–Kier alpha value is -1.59. The molecule has 0 heterocycles. The minimum absolute atomic E-state index is 0.347. The lowest BCUT2D eigenvalue weighted by atomic mass is 10.1. The van der Waals surface area contributed by atoms with Gasteiger partial charge in [-0.25, -0.2) is 10.7 Å². The standard InChI is InChI=1S/C13H20N2O3/c1-13(2,3)18-12(16)15-8-10-5-4-6-11(7-10)9-17-14/h4-7H,8-9,14H2,1-3H3,(H,15,16). The maximum atomic E-state index is 11.5. The van der Waals surface area contributed by atoms with Crippen molar-refractivity contribution in [1.29, 1.82) is 0 Å². The molecule has 0 saturated carbocycles. The number of nitrogens with two attached hydrogens (primary N) is 1. The zero-order chi connectivity index (χ0) is 13.6. The lowest BCUT2D eigenvalue weighted by molar-refractivity contribution is 0.0523. The SMILES string of the molecule is CC(C)(C)OC(=O)NCc1cccc(CON)c1. The Bertz CT molecular complexity index is 399. The second kappa shape index (κ2) is 6.37. The first kappa shape index (κ1) is 14.5. The molecule has 100 valence electrons. The topological polar surface area (TPSA) is 73.6 Å². The van der Waals surface area contributed by atoms with Gasteiger partial charge in [-0.2, -0.15) is 0 Å². The van der Waals surface area contributed by atoms with E-state index in [4.69, 9.17) is 10.6 Å². The number of nitrogens with one attached hydrogen (secondary N) is 1. The second-order valence-corrected chi connectivity index (χ2v) is 4.99. The van der Waals surface area contributed by atoms with Gasteiger partial charge in [0.05, 0.1) is 6.61 Å². The van der Waals surface area contributed by atoms with E-state index >= 15 is 0 Å². The van der Waals surface area contributed by atoms with Crippen molar-refractivity contribution < 1.29 is 14.4 Å². The number of hydrogen-bond donors (Lipinski definition) is 2. The summed E-state index contributed by atoms with van der Waals surface area (Å²) in [6.07, 6.45) is -0.428. The molecule has 0 radical (unpaired) electrons. The minimum Gasteiger partial charge on any atom is -0.444 e. The first-order valence-electron chi connectivity index (χ1n) is 5.77. The molecule has 1 aromatic rings. The van der Waals surface area contributed by atoms with Gasteiger partial charge in [-0.15, -0.1) is 0 Å². The predicted molar refractivity (Wildman–Crippen MR) is 68.5 cm³/mol. The zero-order valence-corrected chi connectivity index (χ0v) is 11.0. The summed E-state index contributed by atoms with van der Waals surface area (Å²) in [5, 5.41) is 2.69. The normalized spacial score (nSPS) is 11.1. The van der Waals surface area contributed by atoms with Crippen LogP contribution < -0.4 is 11.2 Å². The van der Waals surface area contributed by atoms with E-state index in [9.17, 15) is 4.79 Å². The Morgan fingerprint density at radius 2 is 2.00 bits per heavy atom. The van der Waals surface area contributed by atoms with Gasteiger partial charge in [0.15, 0.2) is 0 Å². The number of benzene rings is 1. The molecule has 0 aliphatic carbocycles. The van der Waals surface area contributed by atoms with E-state index in [1.807, 2.05) is 45.0 Å². The van der Waals surface area contributed by atoms with Crippen LogP contribution in [0.15, 0.2) is 24.3 Å². The van der Waals surface area contributed by atoms with Crippen LogP contribution in [0.1, 0.15) is 31.9 Å². The molecular formula is C13H20N2O3. The van der Waals surface area contributed by atoms with Gasteiger partial charge < -0.3 is 10.1 Å². The highest BCUT2D eigenvalue weighted by Gasteiger charge is 2.15. The fraction of sp³-hybridized carbons (Fsp3) is 0.462. The fourth-order valence-electron chi connectivity index (χ4n) is 1.41. The monoisotopic (exact) mass is 252 g/mol. The van der Waals surface area contributed by atoms with Crippen LogP contribution in [0.2, 0.25) is 0 Å². The number of rotatable bonds is 4. The molecule has 1 rings (SSSR count). The Labute approximate surface area is 107 Å². The molecule has 3 N–H and O–H groups in total. The average Bonchev–Trinajstić information content (AvgIpc) is 2.25. The first-order chi connectivity index (χ1) is 8.40. The molecule has 1 aromatic carbocycles. The predicted octanol–water partition coefficient (Wildman–Crippen LogP) is 2.10. The summed E-state index contributed by atoms with van der Waals surface area (Å²) in [5.41, 5.74) is 1.44. The van der Waals surface area contributed by atoms with Gasteiger partial charge in [0, 0.05) is 6.54 Å². The molecule has 0 aliphatic heterocycles. The van der Waals surface area contributed by atoms with Crippen LogP contribution >= 0.6 is 0 Å². The molecule has 0 bridgehead atoms. The highest BCUT2D eigenvalue weighted by Crippen LogP contribution is 2.08. The number of amides is 1. The van der Waals surface area contributed by atoms with E-state index in [0.717, 1.165) is 11.1 Å². The zero-order valence-electron chi connectivity index (χ0n) is 11.0. The van der Waals surface area contributed by atoms with Gasteiger partial charge in [-0.3, -0.25) is 4.84 Å². The van der Waals surface area contributed by atoms with Crippen LogP contribution in [-0.2, 0) is 22.7 Å². The van der Waals surface area contributed by atoms with Gasteiger partial charge in [0.1, 0.15) is 5.60 Å². The largest absolute Gasteiger partial charge is 0.444 e. The number of carbonyl (C=O) groups excluding carboxylic acids is 1. The van der Waals surface area contributed by atoms with Crippen LogP contribution in [0.4, 0.5) is 4.79 Å². The van der Waals surface area contributed by atoms with E-state index in [0.29, 0.717) is 13.2 Å². The summed E-state index contributed by atoms with van der Waals surface area (Å²) in [6, 6.07) is 7.63. The summed E-state index contributed by atoms with van der Waals surface area (Å²) in [6.45, 7) is 6.23. The third-order valence-electron chi connectivity index (χ3n) is 2.08. The van der Waals surface area contributed by atoms with E-state index in [-0.39, 0.29) is 0 Å². The number of alkyl carbamates (subject to hydrolysis) is 1. The lowest BCUT2D eigenvalue weighted by Crippen LogP contribution is -2.32. The Morgan fingerprint density at radius 3 is 2.61 bits per heavy atom. The summed E-state index contributed by atoms with van der Waals surface area (Å²) in [7, 11) is 0. The number of ether oxygens (including phenoxy) is 1. The minimum atomic E-state index is -0.487. The van der Waals surface area contributed by atoms with Crippen molar-refractivity contribution in [1.82, 2.24) is 5.32 Å². The maximum Gasteiger partial charge on any atom is 0.407 e. The van der Waals surface area contributed by atoms with Crippen molar-refractivity contribution in [2.24, 2.45) is 5.90 Å². The molecule has 0 atom stereocenters. The molecule has 0 saturated heterocycles. The molecule has 5 heteroatoms. The van der Waals surface area contributed by atoms with Crippen molar-refractivity contribution in [2.45, 2.75) is 39.5 Å². The van der Waals surface area contributed by atoms with Gasteiger partial charge in [0.2, 0.25) is 0 Å². The van der Waals surface area contributed by atoms with E-state index in [1.165, 1.54) is 0 Å². The van der Waals surface area contributed by atoms with Crippen molar-refractivity contribution in [3.05, 3.63) is 35.4 Å². The summed E-state index contributed by atoms with van der Waals surface area (Å²) >= 11 is 0. The van der Waals surface area contributed by atoms with Crippen LogP contribution in [0, 0.1) is 0 Å². The van der Waals surface area contributed by atoms with Crippen LogP contribution in [0.25, 0.3) is 0 Å². The Balaban J connectivity index is 2.48. The van der Waals surface area contributed by atoms with Gasteiger partial charge in [-0.1, -0.05) is 24.3 Å². The lowest BCUT2D eigenvalue weighted by Gasteiger charge is -2.19. The molecule has 0 spiro atoms. The van der Waals surface area contributed by atoms with Crippen LogP contribution in [0.5, 0.6) is 0 Å². The molecule has 0 unspecified atom stereocenters. The quantitative estimate of drug-likeness (QED) is 0.805. The third kappa shape index (κ3) is 5.65. The van der Waals surface area contributed by atoms with Crippen molar-refractivity contribution in [2.75, 3.05) is 0 Å². The first-order valence-corrected chi connectivity index (χ1v) is 5.77. The van der Waals surface area contributed by atoms with E-state index in [2.05, 4.69) is 10.2 Å². The van der Waals surface area contributed by atoms with Crippen molar-refractivity contribution >= 4 is 6.09 Å². The summed E-state index contributed by atoms with van der Waals surface area (Å²) in [5.74, 6) is 5.01. The molecule has 0 aromatic heterocycles. The summed E-state index contributed by atoms with van der Waals surface area (Å²) in [4.78, 5) is 16.0. The van der Waals surface area contributed by atoms with Crippen molar-refractivity contribution in [3.8, 4) is 0 Å². The smallest absolute Gasteiger partial charge is 0.407 e. The highest BCUT2D eigenvalue weighted by molar-refractivity contribution is 5.67. The van der Waals surface area contributed by atoms with Crippen LogP contribution in [-0.4, -0.2) is 11.7 Å². The molecule has 0 aliphatic rings. The van der Waals surface area contributed by atoms with Crippen LogP contribution in [0.3, 0.4) is 0 Å². The maximum absolute atomic E-state index is 11.5. The summed E-state index contributed by atoms with van der Waals surface area (Å²) < 4.78 is 5.14. The van der Waals surface area contributed by atoms with E-state index in [1.54, 1.807) is 0 Å². The fourth-order valence-corrected chi connectivity index (χ4v) is 1.41. The molecule has 18 heavy (non-hydrogen) atoms. The Kier molecular flexibility index (Phi) is 5.12. The van der Waals surface area contributed by atoms with Gasteiger partial charge in [-0.05, 0) is 31.9 Å². The third-order valence-corrected chi connectivity index (χ3v) is 2.08. The van der Waals surface area contributed by atoms with E-state index < -0.39 is 11.7 Å². The number of carbonyl (C=O) groups is 1. The average molecular weight is 252 g/mol. The Morgan fingerprint density at radius 1 is 1.33 bits per heavy atom. The molecular weight excluding hydrogens is 232 g/mol. The molecule has 1 amide bonds. The second-order valence-electron chi connectivity index (χ2n) is 4.99. The van der Waals surface area contributed by atoms with Gasteiger partial charge >= 0.3 is 6.09 Å². The van der Waals surface area contributed by atoms with Gasteiger partial charge in [0.25, 0.3) is 0 Å². The molecule has 0 fully saturated rings. The number of hydrogen-bond acceptors (Lipinski definition) is 4. The molecule has 5 nitrogen and oxygen atoms in total. The highest BCUT2D eigenvalue weighted by atomic mass is 16.6. The van der Waals surface area contributed by atoms with Crippen molar-refractivity contribution in [3.63, 3.8) is 0 Å².